The number of nitrogens with zero attached hydrogens (tertiary/aromatic N) is 3. The summed E-state index contributed by atoms with van der Waals surface area (Å²) in [5.41, 5.74) is 2.37. The zero-order valence-corrected chi connectivity index (χ0v) is 26.1. The predicted molar refractivity (Wildman–Crippen MR) is 176 cm³/mol. The lowest BCUT2D eigenvalue weighted by atomic mass is 9.76. The fraction of sp³-hybridized carbons (Fsp3) is 0.0513. The molecule has 50 heavy (non-hydrogen) atoms. The zero-order chi connectivity index (χ0) is 35.2. The van der Waals surface area contributed by atoms with Gasteiger partial charge in [-0.15, -0.1) is 0 Å². The zero-order valence-electron chi connectivity index (χ0n) is 26.1. The number of hydrogen-bond donors (Lipinski definition) is 0. The number of hydrogen-bond acceptors (Lipinski definition) is 4. The molecule has 0 aliphatic heterocycles. The fourth-order valence-electron chi connectivity index (χ4n) is 6.25. The van der Waals surface area contributed by atoms with Crippen molar-refractivity contribution in [3.63, 3.8) is 0 Å². The number of imidazole rings is 1. The molecule has 248 valence electrons. The highest BCUT2D eigenvalue weighted by Crippen LogP contribution is 2.42. The molecule has 0 amide bonds. The second-order valence-electron chi connectivity index (χ2n) is 11.4. The second kappa shape index (κ2) is 12.6. The normalized spacial score (nSPS) is 11.6. The van der Waals surface area contributed by atoms with Gasteiger partial charge in [-0.05, 0) is 40.5 Å². The summed E-state index contributed by atoms with van der Waals surface area (Å²) >= 11 is 0. The molecule has 0 aliphatic rings. The molecule has 2 aromatic heterocycles. The summed E-state index contributed by atoms with van der Waals surface area (Å²) in [6.45, 7) is 0. The maximum absolute atomic E-state index is 14.4. The van der Waals surface area contributed by atoms with Crippen LogP contribution in [0.4, 0.5) is 22.0 Å². The van der Waals surface area contributed by atoms with Crippen LogP contribution in [0.1, 0.15) is 27.0 Å². The Bertz CT molecular complexity index is 2340. The highest BCUT2D eigenvalue weighted by atomic mass is 19.2. The lowest BCUT2D eigenvalue weighted by Crippen LogP contribution is -2.44. The average molecular weight is 678 g/mol. The molecule has 5 aromatic carbocycles. The minimum absolute atomic E-state index is 0.241. The Hall–Kier alpha value is -6.36. The number of aryl methyl sites for hydroxylation is 1. The smallest absolute Gasteiger partial charge is 0.343 e. The van der Waals surface area contributed by atoms with Crippen molar-refractivity contribution in [3.05, 3.63) is 189 Å². The Morgan fingerprint density at radius 2 is 1.14 bits per heavy atom. The SMILES string of the molecule is Cn1c(=O)n(C(c2ccccc2)(c2ccccc2)c2ccccc2)c2ncc(-c3cccc(C(=O)Oc4c(F)c(F)c(F)c(F)c4F)c3)cc21. The molecule has 7 rings (SSSR count). The van der Waals surface area contributed by atoms with E-state index in [9.17, 15) is 31.5 Å². The molecule has 0 atom stereocenters. The molecule has 0 aliphatic carbocycles. The van der Waals surface area contributed by atoms with Crippen LogP contribution in [0.3, 0.4) is 0 Å². The summed E-state index contributed by atoms with van der Waals surface area (Å²) in [6, 6.07) is 36.2. The van der Waals surface area contributed by atoms with Crippen LogP contribution < -0.4 is 10.4 Å². The van der Waals surface area contributed by atoms with E-state index in [1.807, 2.05) is 91.0 Å². The second-order valence-corrected chi connectivity index (χ2v) is 11.4. The van der Waals surface area contributed by atoms with E-state index < -0.39 is 46.3 Å². The molecule has 7 aromatic rings. The first-order valence-corrected chi connectivity index (χ1v) is 15.2. The van der Waals surface area contributed by atoms with E-state index in [2.05, 4.69) is 4.74 Å². The highest BCUT2D eigenvalue weighted by Gasteiger charge is 2.42. The van der Waals surface area contributed by atoms with Gasteiger partial charge >= 0.3 is 11.7 Å². The maximum Gasteiger partial charge on any atom is 0.343 e. The van der Waals surface area contributed by atoms with Crippen LogP contribution >= 0.6 is 0 Å². The van der Waals surface area contributed by atoms with Gasteiger partial charge in [-0.3, -0.25) is 9.13 Å². The number of halogens is 5. The Morgan fingerprint density at radius 1 is 0.640 bits per heavy atom. The third-order valence-electron chi connectivity index (χ3n) is 8.60. The number of ether oxygens (including phenoxy) is 1. The summed E-state index contributed by atoms with van der Waals surface area (Å²) in [7, 11) is 1.62. The summed E-state index contributed by atoms with van der Waals surface area (Å²) in [5.74, 6) is -14.5. The number of pyridine rings is 1. The minimum Gasteiger partial charge on any atom is -0.416 e. The third kappa shape index (κ3) is 5.06. The van der Waals surface area contributed by atoms with Crippen molar-refractivity contribution in [2.24, 2.45) is 7.05 Å². The molecule has 0 fully saturated rings. The van der Waals surface area contributed by atoms with Gasteiger partial charge in [0.2, 0.25) is 34.8 Å². The van der Waals surface area contributed by atoms with Gasteiger partial charge in [0, 0.05) is 18.8 Å². The Labute approximate surface area is 281 Å². The van der Waals surface area contributed by atoms with E-state index in [0.29, 0.717) is 22.3 Å². The van der Waals surface area contributed by atoms with Crippen LogP contribution in [0.5, 0.6) is 5.75 Å². The van der Waals surface area contributed by atoms with E-state index in [1.165, 1.54) is 29.0 Å². The lowest BCUT2D eigenvalue weighted by Gasteiger charge is -2.36. The number of benzene rings is 5. The van der Waals surface area contributed by atoms with Crippen molar-refractivity contribution in [3.8, 4) is 16.9 Å². The monoisotopic (exact) mass is 677 g/mol. The number of aromatic nitrogens is 3. The van der Waals surface area contributed by atoms with Gasteiger partial charge in [0.05, 0.1) is 11.1 Å². The Balaban J connectivity index is 1.37. The summed E-state index contributed by atoms with van der Waals surface area (Å²) < 4.78 is 77.1. The molecule has 0 saturated heterocycles. The summed E-state index contributed by atoms with van der Waals surface area (Å²) in [5, 5.41) is 0. The summed E-state index contributed by atoms with van der Waals surface area (Å²) in [6.07, 6.45) is 1.51. The van der Waals surface area contributed by atoms with Crippen molar-refractivity contribution >= 4 is 17.1 Å². The van der Waals surface area contributed by atoms with E-state index in [0.717, 1.165) is 16.7 Å². The molecule has 0 spiro atoms. The van der Waals surface area contributed by atoms with E-state index in [1.54, 1.807) is 23.7 Å². The average Bonchev–Trinajstić information content (AvgIpc) is 3.41. The van der Waals surface area contributed by atoms with Gasteiger partial charge in [0.1, 0.15) is 5.54 Å². The largest absolute Gasteiger partial charge is 0.416 e. The van der Waals surface area contributed by atoms with Gasteiger partial charge in [0.25, 0.3) is 0 Å². The first-order chi connectivity index (χ1) is 24.1. The van der Waals surface area contributed by atoms with E-state index in [-0.39, 0.29) is 11.3 Å². The lowest BCUT2D eigenvalue weighted by molar-refractivity contribution is 0.0716. The van der Waals surface area contributed by atoms with E-state index in [4.69, 9.17) is 4.98 Å². The van der Waals surface area contributed by atoms with Gasteiger partial charge in [-0.25, -0.2) is 27.7 Å². The van der Waals surface area contributed by atoms with Gasteiger partial charge in [0.15, 0.2) is 5.65 Å². The number of fused-ring (bicyclic) bond motifs is 1. The number of rotatable bonds is 7. The Kier molecular flexibility index (Phi) is 8.11. The molecule has 0 N–H and O–H groups in total. The van der Waals surface area contributed by atoms with Crippen LogP contribution in [0, 0.1) is 29.1 Å². The highest BCUT2D eigenvalue weighted by molar-refractivity contribution is 5.93. The van der Waals surface area contributed by atoms with Crippen molar-refractivity contribution in [2.45, 2.75) is 5.54 Å². The van der Waals surface area contributed by atoms with Crippen LogP contribution in [-0.2, 0) is 12.6 Å². The van der Waals surface area contributed by atoms with E-state index >= 15 is 0 Å². The quantitative estimate of drug-likeness (QED) is 0.0427. The van der Waals surface area contributed by atoms with Gasteiger partial charge in [-0.2, -0.15) is 8.78 Å². The fourth-order valence-corrected chi connectivity index (χ4v) is 6.25. The molecule has 0 saturated carbocycles. The Morgan fingerprint density at radius 3 is 1.66 bits per heavy atom. The number of carbonyl (C=O) groups excluding carboxylic acids is 1. The maximum atomic E-state index is 14.4. The standard InChI is InChI=1S/C39H24F5N3O3/c1-46-29-21-25(23-12-11-13-24(20-23)37(48)50-35-33(43)31(41)30(40)32(42)34(35)44)22-45-36(29)47(38(46)49)39(26-14-5-2-6-15-26,27-16-7-3-8-17-27)28-18-9-4-10-19-28/h2-22H,1H3. The predicted octanol–water partition coefficient (Wildman–Crippen LogP) is 8.16. The molecule has 0 bridgehead atoms. The summed E-state index contributed by atoms with van der Waals surface area (Å²) in [4.78, 5) is 32.1. The van der Waals surface area contributed by atoms with Crippen molar-refractivity contribution in [1.82, 2.24) is 14.1 Å². The molecule has 0 unspecified atom stereocenters. The molecule has 0 radical (unpaired) electrons. The van der Waals surface area contributed by atoms with Crippen molar-refractivity contribution in [1.29, 1.82) is 0 Å². The van der Waals surface area contributed by atoms with Crippen LogP contribution in [0.2, 0.25) is 0 Å². The van der Waals surface area contributed by atoms with Crippen LogP contribution in [0.25, 0.3) is 22.3 Å². The number of esters is 1. The molecular weight excluding hydrogens is 653 g/mol. The van der Waals surface area contributed by atoms with Gasteiger partial charge in [-0.1, -0.05) is 103 Å². The first-order valence-electron chi connectivity index (χ1n) is 15.2. The number of carbonyl (C=O) groups is 1. The molecule has 11 heteroatoms. The van der Waals surface area contributed by atoms with Crippen molar-refractivity contribution in [2.75, 3.05) is 0 Å². The van der Waals surface area contributed by atoms with Crippen LogP contribution in [0.15, 0.2) is 132 Å². The van der Waals surface area contributed by atoms with Crippen molar-refractivity contribution < 1.29 is 31.5 Å². The third-order valence-corrected chi connectivity index (χ3v) is 8.60. The van der Waals surface area contributed by atoms with Gasteiger partial charge < -0.3 is 4.74 Å². The van der Waals surface area contributed by atoms with Crippen LogP contribution in [-0.4, -0.2) is 20.1 Å². The molecular formula is C39H24F5N3O3. The molecule has 6 nitrogen and oxygen atoms in total. The molecule has 2 heterocycles. The first kappa shape index (κ1) is 32.2. The topological polar surface area (TPSA) is 66.1 Å². The minimum atomic E-state index is -2.37.